The second-order valence-corrected chi connectivity index (χ2v) is 7.34. The summed E-state index contributed by atoms with van der Waals surface area (Å²) in [5.41, 5.74) is 2.78. The first-order valence-electron chi connectivity index (χ1n) is 7.61. The van der Waals surface area contributed by atoms with Crippen LogP contribution in [0.5, 0.6) is 0 Å². The van der Waals surface area contributed by atoms with Crippen molar-refractivity contribution in [1.29, 1.82) is 0 Å². The van der Waals surface area contributed by atoms with Gasteiger partial charge in [0.2, 0.25) is 0 Å². The third-order valence-electron chi connectivity index (χ3n) is 4.68. The molecule has 2 aliphatic rings. The van der Waals surface area contributed by atoms with Gasteiger partial charge in [0.15, 0.2) is 0 Å². The quantitative estimate of drug-likeness (QED) is 0.692. The van der Waals surface area contributed by atoms with Gasteiger partial charge in [0.05, 0.1) is 0 Å². The van der Waals surface area contributed by atoms with Crippen LogP contribution in [-0.2, 0) is 5.33 Å². The van der Waals surface area contributed by atoms with Crippen LogP contribution < -0.4 is 4.90 Å². The monoisotopic (exact) mass is 400 g/mol. The van der Waals surface area contributed by atoms with Gasteiger partial charge in [-0.15, -0.1) is 0 Å². The number of halogens is 2. The molecule has 3 rings (SSSR count). The summed E-state index contributed by atoms with van der Waals surface area (Å²) in [4.78, 5) is 5.27. The molecule has 20 heavy (non-hydrogen) atoms. The largest absolute Gasteiger partial charge is 0.369 e. The molecule has 110 valence electrons. The normalized spacial score (nSPS) is 21.6. The minimum Gasteiger partial charge on any atom is -0.369 e. The van der Waals surface area contributed by atoms with Crippen molar-refractivity contribution in [2.75, 3.05) is 31.1 Å². The second-order valence-electron chi connectivity index (χ2n) is 5.87. The molecule has 0 amide bonds. The molecule has 0 aromatic heterocycles. The average Bonchev–Trinajstić information content (AvgIpc) is 3.01. The van der Waals surface area contributed by atoms with E-state index in [0.29, 0.717) is 0 Å². The first-order valence-corrected chi connectivity index (χ1v) is 9.53. The van der Waals surface area contributed by atoms with Gasteiger partial charge >= 0.3 is 0 Å². The Kier molecular flexibility index (Phi) is 5.05. The molecule has 0 unspecified atom stereocenters. The molecule has 2 fully saturated rings. The van der Waals surface area contributed by atoms with Crippen LogP contribution in [0.2, 0.25) is 0 Å². The standard InChI is InChI=1S/C16H22Br2N2/c17-12-13-11-14(18)5-6-16(13)20-9-7-19(8-10-20)15-3-1-2-4-15/h5-6,11,15H,1-4,7-10,12H2. The molecule has 1 heterocycles. The number of hydrogen-bond donors (Lipinski definition) is 0. The molecule has 1 saturated carbocycles. The van der Waals surface area contributed by atoms with Gasteiger partial charge < -0.3 is 4.90 Å². The highest BCUT2D eigenvalue weighted by Gasteiger charge is 2.26. The molecule has 1 aromatic carbocycles. The highest BCUT2D eigenvalue weighted by molar-refractivity contribution is 9.10. The van der Waals surface area contributed by atoms with Crippen molar-refractivity contribution in [2.45, 2.75) is 37.1 Å². The summed E-state index contributed by atoms with van der Waals surface area (Å²) in [7, 11) is 0. The van der Waals surface area contributed by atoms with Gasteiger partial charge in [-0.1, -0.05) is 44.7 Å². The SMILES string of the molecule is BrCc1cc(Br)ccc1N1CCN(C2CCCC2)CC1. The summed E-state index contributed by atoms with van der Waals surface area (Å²) in [5, 5.41) is 0.921. The summed E-state index contributed by atoms with van der Waals surface area (Å²) < 4.78 is 1.17. The summed E-state index contributed by atoms with van der Waals surface area (Å²) in [6.07, 6.45) is 5.71. The van der Waals surface area contributed by atoms with Crippen LogP contribution in [0.4, 0.5) is 5.69 Å². The lowest BCUT2D eigenvalue weighted by molar-refractivity contribution is 0.187. The van der Waals surface area contributed by atoms with Crippen LogP contribution in [-0.4, -0.2) is 37.1 Å². The maximum atomic E-state index is 3.62. The number of rotatable bonds is 3. The van der Waals surface area contributed by atoms with Gasteiger partial charge in [0, 0.05) is 47.7 Å². The predicted molar refractivity (Wildman–Crippen MR) is 92.8 cm³/mol. The van der Waals surface area contributed by atoms with Crippen molar-refractivity contribution in [1.82, 2.24) is 4.90 Å². The maximum Gasteiger partial charge on any atom is 0.0409 e. The van der Waals surface area contributed by atoms with E-state index in [9.17, 15) is 0 Å². The van der Waals surface area contributed by atoms with Gasteiger partial charge in [-0.2, -0.15) is 0 Å². The van der Waals surface area contributed by atoms with E-state index in [1.807, 2.05) is 0 Å². The zero-order valence-electron chi connectivity index (χ0n) is 11.8. The molecule has 4 heteroatoms. The maximum absolute atomic E-state index is 3.62. The Morgan fingerprint density at radius 1 is 1.05 bits per heavy atom. The molecule has 0 bridgehead atoms. The predicted octanol–water partition coefficient (Wildman–Crippen LogP) is 4.41. The van der Waals surface area contributed by atoms with Crippen molar-refractivity contribution >= 4 is 37.5 Å². The molecule has 0 spiro atoms. The van der Waals surface area contributed by atoms with Gasteiger partial charge in [0.25, 0.3) is 0 Å². The molecule has 0 atom stereocenters. The molecule has 1 saturated heterocycles. The van der Waals surface area contributed by atoms with E-state index in [-0.39, 0.29) is 0 Å². The molecule has 2 nitrogen and oxygen atoms in total. The van der Waals surface area contributed by atoms with Crippen molar-refractivity contribution in [3.05, 3.63) is 28.2 Å². The van der Waals surface area contributed by atoms with E-state index >= 15 is 0 Å². The third kappa shape index (κ3) is 3.23. The fourth-order valence-corrected chi connectivity index (χ4v) is 4.42. The number of anilines is 1. The van der Waals surface area contributed by atoms with Gasteiger partial charge in [-0.3, -0.25) is 4.90 Å². The van der Waals surface area contributed by atoms with E-state index in [2.05, 4.69) is 59.9 Å². The topological polar surface area (TPSA) is 6.48 Å². The Bertz CT molecular complexity index is 450. The fraction of sp³-hybridized carbons (Fsp3) is 0.625. The fourth-order valence-electron chi connectivity index (χ4n) is 3.57. The van der Waals surface area contributed by atoms with E-state index in [0.717, 1.165) is 24.5 Å². The van der Waals surface area contributed by atoms with Crippen molar-refractivity contribution in [3.8, 4) is 0 Å². The number of piperazine rings is 1. The molecular weight excluding hydrogens is 380 g/mol. The highest BCUT2D eigenvalue weighted by Crippen LogP contribution is 2.29. The van der Waals surface area contributed by atoms with Crippen LogP contribution in [0.3, 0.4) is 0 Å². The van der Waals surface area contributed by atoms with Crippen LogP contribution in [0.15, 0.2) is 22.7 Å². The zero-order valence-corrected chi connectivity index (χ0v) is 15.0. The Balaban J connectivity index is 1.65. The minimum atomic E-state index is 0.873. The van der Waals surface area contributed by atoms with Crippen molar-refractivity contribution in [2.24, 2.45) is 0 Å². The first-order chi connectivity index (χ1) is 9.78. The summed E-state index contributed by atoms with van der Waals surface area (Å²) in [6, 6.07) is 7.52. The van der Waals surface area contributed by atoms with Crippen molar-refractivity contribution < 1.29 is 0 Å². The lowest BCUT2D eigenvalue weighted by Gasteiger charge is -2.39. The minimum absolute atomic E-state index is 0.873. The summed E-state index contributed by atoms with van der Waals surface area (Å²) >= 11 is 7.18. The highest BCUT2D eigenvalue weighted by atomic mass is 79.9. The van der Waals surface area contributed by atoms with Crippen LogP contribution in [0.25, 0.3) is 0 Å². The van der Waals surface area contributed by atoms with Gasteiger partial charge in [0.1, 0.15) is 0 Å². The molecule has 1 aliphatic carbocycles. The first kappa shape index (κ1) is 14.9. The molecule has 1 aliphatic heterocycles. The van der Waals surface area contributed by atoms with Crippen LogP contribution in [0, 0.1) is 0 Å². The summed E-state index contributed by atoms with van der Waals surface area (Å²) in [6.45, 7) is 4.78. The molecular formula is C16H22Br2N2. The number of benzene rings is 1. The number of nitrogens with zero attached hydrogens (tertiary/aromatic N) is 2. The number of hydrogen-bond acceptors (Lipinski definition) is 2. The average molecular weight is 402 g/mol. The van der Waals surface area contributed by atoms with Crippen LogP contribution >= 0.6 is 31.9 Å². The Morgan fingerprint density at radius 2 is 1.75 bits per heavy atom. The van der Waals surface area contributed by atoms with E-state index < -0.39 is 0 Å². The summed E-state index contributed by atoms with van der Waals surface area (Å²) in [5.74, 6) is 0. The van der Waals surface area contributed by atoms with Crippen LogP contribution in [0.1, 0.15) is 31.2 Å². The molecule has 1 aromatic rings. The zero-order chi connectivity index (χ0) is 13.9. The van der Waals surface area contributed by atoms with Gasteiger partial charge in [-0.05, 0) is 36.6 Å². The lowest BCUT2D eigenvalue weighted by atomic mass is 10.1. The molecule has 0 N–H and O–H groups in total. The van der Waals surface area contributed by atoms with E-state index in [1.165, 1.54) is 54.5 Å². The van der Waals surface area contributed by atoms with E-state index in [1.54, 1.807) is 0 Å². The van der Waals surface area contributed by atoms with Gasteiger partial charge in [-0.25, -0.2) is 0 Å². The Labute approximate surface area is 138 Å². The Morgan fingerprint density at radius 3 is 2.40 bits per heavy atom. The Hall–Kier alpha value is -0.0600. The smallest absolute Gasteiger partial charge is 0.0409 e. The van der Waals surface area contributed by atoms with E-state index in [4.69, 9.17) is 0 Å². The lowest BCUT2D eigenvalue weighted by Crippen LogP contribution is -2.49. The van der Waals surface area contributed by atoms with Crippen molar-refractivity contribution in [3.63, 3.8) is 0 Å². The second kappa shape index (κ2) is 6.80. The number of alkyl halides is 1. The molecule has 0 radical (unpaired) electrons. The third-order valence-corrected chi connectivity index (χ3v) is 5.78.